The molecular formula is C12H16O2. The van der Waals surface area contributed by atoms with E-state index in [1.807, 2.05) is 31.2 Å². The summed E-state index contributed by atoms with van der Waals surface area (Å²) in [6.45, 7) is 8.31. The lowest BCUT2D eigenvalue weighted by Crippen LogP contribution is -2.47. The molecule has 1 heterocycles. The predicted molar refractivity (Wildman–Crippen MR) is 55.6 cm³/mol. The minimum atomic E-state index is -0.559. The van der Waals surface area contributed by atoms with E-state index < -0.39 is 5.79 Å². The van der Waals surface area contributed by atoms with Gasteiger partial charge in [0.2, 0.25) is 0 Å². The van der Waals surface area contributed by atoms with Crippen molar-refractivity contribution in [3.63, 3.8) is 0 Å². The molecule has 76 valence electrons. The van der Waals surface area contributed by atoms with Crippen LogP contribution in [0.15, 0.2) is 24.3 Å². The van der Waals surface area contributed by atoms with E-state index in [0.29, 0.717) is 0 Å². The molecular weight excluding hydrogens is 176 g/mol. The Kier molecular flexibility index (Phi) is 1.78. The molecule has 0 spiro atoms. The van der Waals surface area contributed by atoms with Crippen LogP contribution in [-0.4, -0.2) is 5.79 Å². The first-order valence-electron chi connectivity index (χ1n) is 4.89. The van der Waals surface area contributed by atoms with Gasteiger partial charge in [-0.25, -0.2) is 0 Å². The number of rotatable bonds is 0. The third-order valence-corrected chi connectivity index (χ3v) is 2.82. The molecule has 0 aliphatic carbocycles. The van der Waals surface area contributed by atoms with E-state index in [0.717, 1.165) is 11.5 Å². The van der Waals surface area contributed by atoms with E-state index in [1.54, 1.807) is 0 Å². The Balaban J connectivity index is 2.35. The van der Waals surface area contributed by atoms with Gasteiger partial charge in [0.15, 0.2) is 11.5 Å². The van der Waals surface area contributed by atoms with Crippen molar-refractivity contribution in [3.05, 3.63) is 24.3 Å². The average Bonchev–Trinajstić information content (AvgIpc) is 2.40. The fraction of sp³-hybridized carbons (Fsp3) is 0.500. The van der Waals surface area contributed by atoms with Crippen molar-refractivity contribution in [2.24, 2.45) is 5.41 Å². The predicted octanol–water partition coefficient (Wildman–Crippen LogP) is 3.22. The van der Waals surface area contributed by atoms with Crippen LogP contribution in [0.25, 0.3) is 0 Å². The summed E-state index contributed by atoms with van der Waals surface area (Å²) < 4.78 is 11.7. The lowest BCUT2D eigenvalue weighted by Gasteiger charge is -2.35. The summed E-state index contributed by atoms with van der Waals surface area (Å²) in [6, 6.07) is 7.78. The summed E-state index contributed by atoms with van der Waals surface area (Å²) in [4.78, 5) is 0. The smallest absolute Gasteiger partial charge is 0.253 e. The third kappa shape index (κ3) is 1.26. The van der Waals surface area contributed by atoms with Gasteiger partial charge in [-0.3, -0.25) is 0 Å². The maximum Gasteiger partial charge on any atom is 0.253 e. The lowest BCUT2D eigenvalue weighted by molar-refractivity contribution is -0.142. The highest BCUT2D eigenvalue weighted by atomic mass is 16.7. The standard InChI is InChI=1S/C12H16O2/c1-11(2,3)12(4)13-9-7-5-6-8-10(9)14-12/h5-8H,1-4H3. The van der Waals surface area contributed by atoms with Gasteiger partial charge in [-0.1, -0.05) is 32.9 Å². The molecule has 0 bridgehead atoms. The van der Waals surface area contributed by atoms with Crippen LogP contribution in [0, 0.1) is 5.41 Å². The molecule has 1 aromatic rings. The molecule has 0 aromatic heterocycles. The first-order valence-corrected chi connectivity index (χ1v) is 4.89. The van der Waals surface area contributed by atoms with Gasteiger partial charge < -0.3 is 9.47 Å². The summed E-state index contributed by atoms with van der Waals surface area (Å²) in [5, 5.41) is 0. The SMILES string of the molecule is CC(C)(C)C1(C)Oc2ccccc2O1. The summed E-state index contributed by atoms with van der Waals surface area (Å²) in [5.74, 6) is 1.12. The van der Waals surface area contributed by atoms with Crippen LogP contribution >= 0.6 is 0 Å². The van der Waals surface area contributed by atoms with Crippen molar-refractivity contribution < 1.29 is 9.47 Å². The number of ether oxygens (including phenoxy) is 2. The van der Waals surface area contributed by atoms with Gasteiger partial charge in [0, 0.05) is 12.3 Å². The van der Waals surface area contributed by atoms with E-state index >= 15 is 0 Å². The fourth-order valence-electron chi connectivity index (χ4n) is 1.37. The Morgan fingerprint density at radius 3 is 1.79 bits per heavy atom. The lowest BCUT2D eigenvalue weighted by atomic mass is 9.87. The highest BCUT2D eigenvalue weighted by Crippen LogP contribution is 2.46. The second-order valence-corrected chi connectivity index (χ2v) is 4.85. The summed E-state index contributed by atoms with van der Waals surface area (Å²) >= 11 is 0. The highest BCUT2D eigenvalue weighted by molar-refractivity contribution is 5.43. The average molecular weight is 192 g/mol. The summed E-state index contributed by atoms with van der Waals surface area (Å²) in [5.41, 5.74) is -0.0496. The second-order valence-electron chi connectivity index (χ2n) is 4.85. The molecule has 0 saturated heterocycles. The summed E-state index contributed by atoms with van der Waals surface area (Å²) in [7, 11) is 0. The largest absolute Gasteiger partial charge is 0.448 e. The molecule has 1 aromatic carbocycles. The molecule has 0 saturated carbocycles. The van der Waals surface area contributed by atoms with Crippen LogP contribution in [0.1, 0.15) is 27.7 Å². The summed E-state index contributed by atoms with van der Waals surface area (Å²) in [6.07, 6.45) is 0. The normalized spacial score (nSPS) is 18.3. The fourth-order valence-corrected chi connectivity index (χ4v) is 1.37. The van der Waals surface area contributed by atoms with Crippen LogP contribution in [-0.2, 0) is 0 Å². The van der Waals surface area contributed by atoms with E-state index in [4.69, 9.17) is 9.47 Å². The molecule has 0 unspecified atom stereocenters. The zero-order chi connectivity index (χ0) is 10.4. The molecule has 1 aliphatic rings. The van der Waals surface area contributed by atoms with Gasteiger partial charge in [-0.2, -0.15) is 0 Å². The number of hydrogen-bond acceptors (Lipinski definition) is 2. The van der Waals surface area contributed by atoms with Crippen LogP contribution in [0.5, 0.6) is 11.5 Å². The molecule has 14 heavy (non-hydrogen) atoms. The van der Waals surface area contributed by atoms with E-state index in [-0.39, 0.29) is 5.41 Å². The molecule has 2 heteroatoms. The highest BCUT2D eigenvalue weighted by Gasteiger charge is 2.46. The van der Waals surface area contributed by atoms with Crippen molar-refractivity contribution >= 4 is 0 Å². The third-order valence-electron chi connectivity index (χ3n) is 2.82. The first kappa shape index (κ1) is 9.38. The van der Waals surface area contributed by atoms with Crippen molar-refractivity contribution in [2.75, 3.05) is 0 Å². The van der Waals surface area contributed by atoms with E-state index in [1.165, 1.54) is 0 Å². The molecule has 0 fully saturated rings. The molecule has 0 N–H and O–H groups in total. The Morgan fingerprint density at radius 1 is 1.00 bits per heavy atom. The van der Waals surface area contributed by atoms with Gasteiger partial charge in [-0.05, 0) is 12.1 Å². The first-order chi connectivity index (χ1) is 6.42. The zero-order valence-electron chi connectivity index (χ0n) is 9.13. The monoisotopic (exact) mass is 192 g/mol. The topological polar surface area (TPSA) is 18.5 Å². The van der Waals surface area contributed by atoms with Gasteiger partial charge in [0.1, 0.15) is 0 Å². The Labute approximate surface area is 84.8 Å². The molecule has 0 amide bonds. The quantitative estimate of drug-likeness (QED) is 0.628. The van der Waals surface area contributed by atoms with Crippen molar-refractivity contribution in [1.82, 2.24) is 0 Å². The van der Waals surface area contributed by atoms with Crippen LogP contribution < -0.4 is 9.47 Å². The minimum Gasteiger partial charge on any atom is -0.448 e. The Morgan fingerprint density at radius 2 is 1.43 bits per heavy atom. The van der Waals surface area contributed by atoms with E-state index in [9.17, 15) is 0 Å². The number of para-hydroxylation sites is 2. The number of benzene rings is 1. The number of fused-ring (bicyclic) bond motifs is 1. The Bertz CT molecular complexity index is 325. The van der Waals surface area contributed by atoms with Gasteiger partial charge in [0.25, 0.3) is 5.79 Å². The maximum absolute atomic E-state index is 5.84. The van der Waals surface area contributed by atoms with Gasteiger partial charge in [-0.15, -0.1) is 0 Å². The minimum absolute atomic E-state index is 0.0496. The van der Waals surface area contributed by atoms with Crippen LogP contribution in [0.3, 0.4) is 0 Å². The molecule has 1 aliphatic heterocycles. The molecule has 0 radical (unpaired) electrons. The van der Waals surface area contributed by atoms with Gasteiger partial charge >= 0.3 is 0 Å². The van der Waals surface area contributed by atoms with Crippen LogP contribution in [0.2, 0.25) is 0 Å². The van der Waals surface area contributed by atoms with Gasteiger partial charge in [0.05, 0.1) is 0 Å². The van der Waals surface area contributed by atoms with Crippen molar-refractivity contribution in [1.29, 1.82) is 0 Å². The van der Waals surface area contributed by atoms with E-state index in [2.05, 4.69) is 20.8 Å². The zero-order valence-corrected chi connectivity index (χ0v) is 9.13. The molecule has 2 nitrogen and oxygen atoms in total. The van der Waals surface area contributed by atoms with Crippen molar-refractivity contribution in [3.8, 4) is 11.5 Å². The Hall–Kier alpha value is -1.18. The van der Waals surface area contributed by atoms with Crippen LogP contribution in [0.4, 0.5) is 0 Å². The second kappa shape index (κ2) is 2.66. The molecule has 0 atom stereocenters. The maximum atomic E-state index is 5.84. The number of hydrogen-bond donors (Lipinski definition) is 0. The van der Waals surface area contributed by atoms with Crippen molar-refractivity contribution in [2.45, 2.75) is 33.5 Å². The molecule has 2 rings (SSSR count).